The van der Waals surface area contributed by atoms with Gasteiger partial charge in [-0.3, -0.25) is 10.1 Å². The summed E-state index contributed by atoms with van der Waals surface area (Å²) < 4.78 is 0.825. The Kier molecular flexibility index (Phi) is 3.69. The van der Waals surface area contributed by atoms with Gasteiger partial charge in [-0.25, -0.2) is 0 Å². The zero-order valence-electron chi connectivity index (χ0n) is 11.4. The Morgan fingerprint density at radius 3 is 2.50 bits per heavy atom. The molecular formula is C14H18BrN3O2. The standard InChI is InChI=1S/C14H18BrN3O2/c1-16-9-6-10-2-3-11(7-9)17(10)14-5-4-12(18(19)20)8-13(14)15/h4-5,8-11,16H,2-3,6-7H2,1H3. The number of hydrogen-bond acceptors (Lipinski definition) is 4. The molecule has 0 radical (unpaired) electrons. The first-order chi connectivity index (χ1) is 9.60. The monoisotopic (exact) mass is 339 g/mol. The molecule has 20 heavy (non-hydrogen) atoms. The number of hydrogen-bond donors (Lipinski definition) is 1. The van der Waals surface area contributed by atoms with Gasteiger partial charge >= 0.3 is 0 Å². The highest BCUT2D eigenvalue weighted by atomic mass is 79.9. The third kappa shape index (κ3) is 2.31. The van der Waals surface area contributed by atoms with Gasteiger partial charge in [0.2, 0.25) is 0 Å². The Morgan fingerprint density at radius 1 is 1.35 bits per heavy atom. The van der Waals surface area contributed by atoms with E-state index in [0.717, 1.165) is 23.0 Å². The predicted molar refractivity (Wildman–Crippen MR) is 82.2 cm³/mol. The molecule has 1 N–H and O–H groups in total. The van der Waals surface area contributed by atoms with Crippen LogP contribution in [0.25, 0.3) is 0 Å². The highest BCUT2D eigenvalue weighted by Gasteiger charge is 2.41. The third-order valence-corrected chi connectivity index (χ3v) is 5.20. The summed E-state index contributed by atoms with van der Waals surface area (Å²) in [6, 6.07) is 6.78. The van der Waals surface area contributed by atoms with Crippen LogP contribution in [0.3, 0.4) is 0 Å². The summed E-state index contributed by atoms with van der Waals surface area (Å²) in [4.78, 5) is 12.9. The van der Waals surface area contributed by atoms with E-state index in [1.807, 2.05) is 13.1 Å². The molecule has 6 heteroatoms. The van der Waals surface area contributed by atoms with Crippen molar-refractivity contribution in [3.8, 4) is 0 Å². The first-order valence-corrected chi connectivity index (χ1v) is 7.79. The highest BCUT2D eigenvalue weighted by molar-refractivity contribution is 9.10. The van der Waals surface area contributed by atoms with Crippen LogP contribution in [0.15, 0.2) is 22.7 Å². The van der Waals surface area contributed by atoms with E-state index in [-0.39, 0.29) is 10.6 Å². The fraction of sp³-hybridized carbons (Fsp3) is 0.571. The SMILES string of the molecule is CNC1CC2CCC(C1)N2c1ccc([N+](=O)[O-])cc1Br. The molecule has 1 aromatic carbocycles. The molecule has 2 unspecified atom stereocenters. The maximum atomic E-state index is 10.8. The first-order valence-electron chi connectivity index (χ1n) is 6.99. The second-order valence-electron chi connectivity index (χ2n) is 5.64. The van der Waals surface area contributed by atoms with Crippen LogP contribution in [0.1, 0.15) is 25.7 Å². The van der Waals surface area contributed by atoms with E-state index in [2.05, 4.69) is 26.1 Å². The van der Waals surface area contributed by atoms with Crippen LogP contribution in [0.2, 0.25) is 0 Å². The molecule has 2 bridgehead atoms. The van der Waals surface area contributed by atoms with E-state index in [1.54, 1.807) is 12.1 Å². The average molecular weight is 340 g/mol. The number of nitro groups is 1. The predicted octanol–water partition coefficient (Wildman–Crippen LogP) is 3.08. The van der Waals surface area contributed by atoms with Gasteiger partial charge < -0.3 is 10.2 Å². The summed E-state index contributed by atoms with van der Waals surface area (Å²) >= 11 is 3.50. The van der Waals surface area contributed by atoms with Crippen LogP contribution in [0.5, 0.6) is 0 Å². The molecule has 2 fully saturated rings. The van der Waals surface area contributed by atoms with E-state index in [0.29, 0.717) is 18.1 Å². The largest absolute Gasteiger partial charge is 0.365 e. The summed E-state index contributed by atoms with van der Waals surface area (Å²) in [5.41, 5.74) is 1.23. The fourth-order valence-corrected chi connectivity index (χ4v) is 4.20. The lowest BCUT2D eigenvalue weighted by molar-refractivity contribution is -0.384. The van der Waals surface area contributed by atoms with Gasteiger partial charge in [-0.1, -0.05) is 0 Å². The Labute approximate surface area is 126 Å². The van der Waals surface area contributed by atoms with E-state index in [9.17, 15) is 10.1 Å². The van der Waals surface area contributed by atoms with E-state index >= 15 is 0 Å². The summed E-state index contributed by atoms with van der Waals surface area (Å²) in [6.07, 6.45) is 4.73. The zero-order chi connectivity index (χ0) is 14.3. The molecule has 2 atom stereocenters. The van der Waals surface area contributed by atoms with Crippen LogP contribution in [0.4, 0.5) is 11.4 Å². The van der Waals surface area contributed by atoms with Crippen molar-refractivity contribution < 1.29 is 4.92 Å². The van der Waals surface area contributed by atoms with E-state index in [1.165, 1.54) is 12.8 Å². The van der Waals surface area contributed by atoms with Crippen LogP contribution in [0, 0.1) is 10.1 Å². The quantitative estimate of drug-likeness (QED) is 0.679. The number of piperidine rings is 1. The van der Waals surface area contributed by atoms with Crippen LogP contribution in [-0.4, -0.2) is 30.1 Å². The highest BCUT2D eigenvalue weighted by Crippen LogP contribution is 2.42. The summed E-state index contributed by atoms with van der Waals surface area (Å²) in [6.45, 7) is 0. The van der Waals surface area contributed by atoms with Gasteiger partial charge in [0.05, 0.1) is 10.6 Å². The van der Waals surface area contributed by atoms with Crippen molar-refractivity contribution in [1.29, 1.82) is 0 Å². The summed E-state index contributed by atoms with van der Waals surface area (Å²) in [5, 5.41) is 14.2. The first kappa shape index (κ1) is 13.8. The van der Waals surface area contributed by atoms with Crippen molar-refractivity contribution in [2.75, 3.05) is 11.9 Å². The molecule has 108 valence electrons. The molecular weight excluding hydrogens is 322 g/mol. The van der Waals surface area contributed by atoms with Gasteiger partial charge in [-0.15, -0.1) is 0 Å². The smallest absolute Gasteiger partial charge is 0.270 e. The van der Waals surface area contributed by atoms with Gasteiger partial charge in [-0.2, -0.15) is 0 Å². The van der Waals surface area contributed by atoms with Gasteiger partial charge in [0.1, 0.15) is 0 Å². The minimum atomic E-state index is -0.351. The number of nitrogens with zero attached hydrogens (tertiary/aromatic N) is 2. The minimum absolute atomic E-state index is 0.137. The second-order valence-corrected chi connectivity index (χ2v) is 6.50. The number of nitro benzene ring substituents is 1. The van der Waals surface area contributed by atoms with Crippen LogP contribution < -0.4 is 10.2 Å². The van der Waals surface area contributed by atoms with Gasteiger partial charge in [0, 0.05) is 34.7 Å². The Bertz CT molecular complexity index is 523. The van der Waals surface area contributed by atoms with Gasteiger partial charge in [-0.05, 0) is 54.7 Å². The minimum Gasteiger partial charge on any atom is -0.365 e. The number of benzene rings is 1. The third-order valence-electron chi connectivity index (χ3n) is 4.56. The molecule has 1 aromatic rings. The Morgan fingerprint density at radius 2 is 2.00 bits per heavy atom. The number of halogens is 1. The van der Waals surface area contributed by atoms with Gasteiger partial charge in [0.25, 0.3) is 5.69 Å². The molecule has 2 aliphatic rings. The molecule has 0 spiro atoms. The van der Waals surface area contributed by atoms with Crippen molar-refractivity contribution in [2.45, 2.75) is 43.8 Å². The van der Waals surface area contributed by atoms with Crippen molar-refractivity contribution in [2.24, 2.45) is 0 Å². The van der Waals surface area contributed by atoms with Crippen molar-refractivity contribution in [3.05, 3.63) is 32.8 Å². The number of non-ortho nitro benzene ring substituents is 1. The van der Waals surface area contributed by atoms with Crippen LogP contribution in [-0.2, 0) is 0 Å². The lowest BCUT2D eigenvalue weighted by Gasteiger charge is -2.41. The summed E-state index contributed by atoms with van der Waals surface area (Å²) in [7, 11) is 2.03. The Hall–Kier alpha value is -1.14. The topological polar surface area (TPSA) is 58.4 Å². The molecule has 0 amide bonds. The lowest BCUT2D eigenvalue weighted by atomic mass is 9.96. The molecule has 0 aromatic heterocycles. The number of rotatable bonds is 3. The second kappa shape index (κ2) is 5.33. The van der Waals surface area contributed by atoms with Crippen molar-refractivity contribution in [1.82, 2.24) is 5.32 Å². The normalized spacial score (nSPS) is 28.7. The van der Waals surface area contributed by atoms with Crippen molar-refractivity contribution in [3.63, 3.8) is 0 Å². The Balaban J connectivity index is 1.89. The van der Waals surface area contributed by atoms with E-state index in [4.69, 9.17) is 0 Å². The van der Waals surface area contributed by atoms with E-state index < -0.39 is 0 Å². The maximum Gasteiger partial charge on any atom is 0.270 e. The molecule has 3 rings (SSSR count). The maximum absolute atomic E-state index is 10.8. The van der Waals surface area contributed by atoms with Gasteiger partial charge in [0.15, 0.2) is 0 Å². The summed E-state index contributed by atoms with van der Waals surface area (Å²) in [5.74, 6) is 0. The molecule has 2 aliphatic heterocycles. The molecule has 0 saturated carbocycles. The fourth-order valence-electron chi connectivity index (χ4n) is 3.62. The number of fused-ring (bicyclic) bond motifs is 2. The van der Waals surface area contributed by atoms with Crippen molar-refractivity contribution >= 4 is 27.3 Å². The number of nitrogens with one attached hydrogen (secondary N) is 1. The number of anilines is 1. The lowest BCUT2D eigenvalue weighted by Crippen LogP contribution is -2.48. The van der Waals surface area contributed by atoms with Crippen LogP contribution >= 0.6 is 15.9 Å². The average Bonchev–Trinajstić information content (AvgIpc) is 2.69. The molecule has 2 saturated heterocycles. The molecule has 5 nitrogen and oxygen atoms in total. The molecule has 2 heterocycles. The molecule has 0 aliphatic carbocycles. The zero-order valence-corrected chi connectivity index (χ0v) is 13.0.